The van der Waals surface area contributed by atoms with Gasteiger partial charge in [0.1, 0.15) is 5.75 Å². The van der Waals surface area contributed by atoms with E-state index in [1.54, 1.807) is 0 Å². The number of hydrogen-bond acceptors (Lipinski definition) is 3. The lowest BCUT2D eigenvalue weighted by molar-refractivity contribution is 0.0400. The van der Waals surface area contributed by atoms with Crippen LogP contribution in [0.15, 0.2) is 54.6 Å². The Kier molecular flexibility index (Phi) is 5.84. The monoisotopic (exact) mass is 394 g/mol. The lowest BCUT2D eigenvalue weighted by Gasteiger charge is -2.38. The Morgan fingerprint density at radius 2 is 1.93 bits per heavy atom. The van der Waals surface area contributed by atoms with Crippen LogP contribution in [-0.2, 0) is 12.2 Å². The molecule has 0 amide bonds. The summed E-state index contributed by atoms with van der Waals surface area (Å²) >= 11 is 1.94. The maximum atomic E-state index is 10.4. The summed E-state index contributed by atoms with van der Waals surface area (Å²) in [7, 11) is 0. The first kappa shape index (κ1) is 19.6. The molecule has 2 nitrogen and oxygen atoms in total. The lowest BCUT2D eigenvalue weighted by atomic mass is 9.68. The van der Waals surface area contributed by atoms with Crippen LogP contribution < -0.4 is 0 Å². The smallest absolute Gasteiger partial charge is 0.115 e. The van der Waals surface area contributed by atoms with E-state index in [9.17, 15) is 10.2 Å². The molecule has 2 aliphatic carbocycles. The molecule has 28 heavy (non-hydrogen) atoms. The first-order valence-electron chi connectivity index (χ1n) is 10.4. The lowest BCUT2D eigenvalue weighted by Crippen LogP contribution is -2.34. The average molecular weight is 395 g/mol. The highest BCUT2D eigenvalue weighted by Gasteiger charge is 2.47. The highest BCUT2D eigenvalue weighted by atomic mass is 32.2. The number of aromatic hydroxyl groups is 1. The normalized spacial score (nSPS) is 26.7. The highest BCUT2D eigenvalue weighted by molar-refractivity contribution is 7.98. The molecule has 4 rings (SSSR count). The first-order valence-corrected chi connectivity index (χ1v) is 11.5. The average Bonchev–Trinajstić information content (AvgIpc) is 3.00. The van der Waals surface area contributed by atoms with E-state index < -0.39 is 0 Å². The van der Waals surface area contributed by atoms with Crippen molar-refractivity contribution in [3.8, 4) is 5.75 Å². The summed E-state index contributed by atoms with van der Waals surface area (Å²) in [5, 5.41) is 20.4. The molecule has 3 heteroatoms. The standard InChI is InChI=1S/C25H30O2S/c1-25-13-11-19(15-21(25)7-10-24(25)27)23-9-8-22(26)16-20(23)12-14-28-17-18-5-3-2-4-6-18/h2-6,8-9,11,16,21,24,26-27H,7,10,12-15,17H2,1H3/t21?,24-,25-/m0/s1. The topological polar surface area (TPSA) is 40.5 Å². The van der Waals surface area contributed by atoms with Crippen molar-refractivity contribution >= 4 is 17.3 Å². The SMILES string of the molecule is C[C@]12CC=C(c3ccc(O)cc3CCSCc3ccccc3)CC1CC[C@@H]2O. The summed E-state index contributed by atoms with van der Waals surface area (Å²) in [6.07, 6.45) is 7.20. The van der Waals surface area contributed by atoms with Crippen molar-refractivity contribution in [2.75, 3.05) is 5.75 Å². The van der Waals surface area contributed by atoms with E-state index in [0.717, 1.165) is 43.6 Å². The van der Waals surface area contributed by atoms with Gasteiger partial charge in [-0.2, -0.15) is 11.8 Å². The number of aliphatic hydroxyl groups excluding tert-OH is 1. The van der Waals surface area contributed by atoms with E-state index in [0.29, 0.717) is 11.7 Å². The molecule has 0 heterocycles. The molecule has 2 aromatic carbocycles. The summed E-state index contributed by atoms with van der Waals surface area (Å²) in [5.74, 6) is 2.98. The van der Waals surface area contributed by atoms with Crippen LogP contribution in [0.2, 0.25) is 0 Å². The van der Waals surface area contributed by atoms with Gasteiger partial charge in [-0.3, -0.25) is 0 Å². The van der Waals surface area contributed by atoms with Crippen LogP contribution in [0.25, 0.3) is 5.57 Å². The van der Waals surface area contributed by atoms with Crippen molar-refractivity contribution in [2.45, 2.75) is 50.9 Å². The van der Waals surface area contributed by atoms with Gasteiger partial charge < -0.3 is 10.2 Å². The van der Waals surface area contributed by atoms with E-state index in [2.05, 4.69) is 49.4 Å². The summed E-state index contributed by atoms with van der Waals surface area (Å²) in [4.78, 5) is 0. The molecule has 3 atom stereocenters. The Bertz CT molecular complexity index is 845. The van der Waals surface area contributed by atoms with Crippen molar-refractivity contribution in [3.05, 3.63) is 71.3 Å². The quantitative estimate of drug-likeness (QED) is 0.606. The van der Waals surface area contributed by atoms with Gasteiger partial charge in [-0.25, -0.2) is 0 Å². The predicted molar refractivity (Wildman–Crippen MR) is 118 cm³/mol. The summed E-state index contributed by atoms with van der Waals surface area (Å²) < 4.78 is 0. The summed E-state index contributed by atoms with van der Waals surface area (Å²) in [6, 6.07) is 16.4. The zero-order chi connectivity index (χ0) is 19.6. The molecule has 0 spiro atoms. The Labute approximate surface area is 172 Å². The number of fused-ring (bicyclic) bond motifs is 1. The van der Waals surface area contributed by atoms with Crippen LogP contribution in [-0.4, -0.2) is 22.1 Å². The molecule has 1 unspecified atom stereocenters. The van der Waals surface area contributed by atoms with Gasteiger partial charge in [0.25, 0.3) is 0 Å². The first-order chi connectivity index (χ1) is 13.6. The van der Waals surface area contributed by atoms with Crippen molar-refractivity contribution < 1.29 is 10.2 Å². The summed E-state index contributed by atoms with van der Waals surface area (Å²) in [6.45, 7) is 2.25. The van der Waals surface area contributed by atoms with E-state index in [1.807, 2.05) is 23.9 Å². The molecule has 2 N–H and O–H groups in total. The number of aliphatic hydroxyl groups is 1. The molecular formula is C25H30O2S. The minimum atomic E-state index is -0.163. The van der Waals surface area contributed by atoms with Crippen molar-refractivity contribution in [1.29, 1.82) is 0 Å². The fourth-order valence-corrected chi connectivity index (χ4v) is 5.82. The highest BCUT2D eigenvalue weighted by Crippen LogP contribution is 2.53. The van der Waals surface area contributed by atoms with Crippen LogP contribution in [0.3, 0.4) is 0 Å². The van der Waals surface area contributed by atoms with Crippen LogP contribution >= 0.6 is 11.8 Å². The second-order valence-corrected chi connectivity index (χ2v) is 9.67. The Morgan fingerprint density at radius 1 is 1.11 bits per heavy atom. The third-order valence-corrected chi connectivity index (χ3v) is 7.83. The van der Waals surface area contributed by atoms with Gasteiger partial charge in [0.2, 0.25) is 0 Å². The zero-order valence-corrected chi connectivity index (χ0v) is 17.4. The third-order valence-electron chi connectivity index (χ3n) is 6.80. The fraction of sp³-hybridized carbons (Fsp3) is 0.440. The molecule has 1 saturated carbocycles. The fourth-order valence-electron chi connectivity index (χ4n) is 4.89. The van der Waals surface area contributed by atoms with E-state index >= 15 is 0 Å². The second-order valence-electron chi connectivity index (χ2n) is 8.56. The Morgan fingerprint density at radius 3 is 2.75 bits per heavy atom. The maximum Gasteiger partial charge on any atom is 0.115 e. The predicted octanol–water partition coefficient (Wildman–Crippen LogP) is 5.82. The minimum absolute atomic E-state index is 0.0477. The Balaban J connectivity index is 1.45. The van der Waals surface area contributed by atoms with Crippen LogP contribution in [0.4, 0.5) is 0 Å². The number of aryl methyl sites for hydroxylation is 1. The Hall–Kier alpha value is -1.71. The minimum Gasteiger partial charge on any atom is -0.508 e. The van der Waals surface area contributed by atoms with Gasteiger partial charge in [-0.1, -0.05) is 49.4 Å². The molecule has 0 radical (unpaired) electrons. The van der Waals surface area contributed by atoms with Crippen molar-refractivity contribution in [2.24, 2.45) is 11.3 Å². The van der Waals surface area contributed by atoms with E-state index in [-0.39, 0.29) is 11.5 Å². The molecular weight excluding hydrogens is 364 g/mol. The number of hydrogen-bond donors (Lipinski definition) is 2. The van der Waals surface area contributed by atoms with Gasteiger partial charge in [0.15, 0.2) is 0 Å². The second kappa shape index (κ2) is 8.34. The maximum absolute atomic E-state index is 10.4. The van der Waals surface area contributed by atoms with Crippen LogP contribution in [0.5, 0.6) is 5.75 Å². The number of phenols is 1. The number of allylic oxidation sites excluding steroid dienone is 2. The number of benzene rings is 2. The molecule has 2 aromatic rings. The largest absolute Gasteiger partial charge is 0.508 e. The number of rotatable bonds is 6. The zero-order valence-electron chi connectivity index (χ0n) is 16.6. The van der Waals surface area contributed by atoms with Gasteiger partial charge in [-0.15, -0.1) is 0 Å². The number of thioether (sulfide) groups is 1. The van der Waals surface area contributed by atoms with Crippen LogP contribution in [0, 0.1) is 11.3 Å². The molecule has 0 aromatic heterocycles. The van der Waals surface area contributed by atoms with E-state index in [4.69, 9.17) is 0 Å². The van der Waals surface area contributed by atoms with Gasteiger partial charge in [0.05, 0.1) is 6.10 Å². The van der Waals surface area contributed by atoms with Gasteiger partial charge >= 0.3 is 0 Å². The molecule has 148 valence electrons. The van der Waals surface area contributed by atoms with Gasteiger partial charge in [-0.05, 0) is 78.2 Å². The summed E-state index contributed by atoms with van der Waals surface area (Å²) in [5.41, 5.74) is 5.35. The molecule has 1 fully saturated rings. The van der Waals surface area contributed by atoms with Gasteiger partial charge in [0, 0.05) is 11.2 Å². The van der Waals surface area contributed by atoms with E-state index in [1.165, 1.54) is 22.3 Å². The molecule has 0 aliphatic heterocycles. The van der Waals surface area contributed by atoms with Crippen LogP contribution in [0.1, 0.15) is 49.3 Å². The van der Waals surface area contributed by atoms with Crippen molar-refractivity contribution in [3.63, 3.8) is 0 Å². The molecule has 2 aliphatic rings. The van der Waals surface area contributed by atoms with Crippen molar-refractivity contribution in [1.82, 2.24) is 0 Å². The molecule has 0 bridgehead atoms. The third kappa shape index (κ3) is 4.01. The number of phenolic OH excluding ortho intramolecular Hbond substituents is 1. The molecule has 0 saturated heterocycles.